The maximum absolute atomic E-state index is 5.86. The average Bonchev–Trinajstić information content (AvgIpc) is 2.84. The van der Waals surface area contributed by atoms with E-state index in [4.69, 9.17) is 5.73 Å². The van der Waals surface area contributed by atoms with Crippen molar-refractivity contribution in [2.75, 3.05) is 6.54 Å². The molecule has 2 heterocycles. The molecule has 5 nitrogen and oxygen atoms in total. The van der Waals surface area contributed by atoms with Crippen molar-refractivity contribution in [2.45, 2.75) is 5.92 Å². The quantitative estimate of drug-likeness (QED) is 0.724. The van der Waals surface area contributed by atoms with Crippen LogP contribution in [0.1, 0.15) is 17.3 Å². The first-order chi connectivity index (χ1) is 8.88. The largest absolute Gasteiger partial charge is 0.339 e. The van der Waals surface area contributed by atoms with Crippen molar-refractivity contribution in [3.05, 3.63) is 54.2 Å². The third-order valence-corrected chi connectivity index (χ3v) is 2.95. The van der Waals surface area contributed by atoms with Crippen molar-refractivity contribution in [1.29, 1.82) is 0 Å². The van der Waals surface area contributed by atoms with Crippen LogP contribution in [0.3, 0.4) is 0 Å². The summed E-state index contributed by atoms with van der Waals surface area (Å²) in [6.45, 7) is 0.497. The molecule has 0 aliphatic carbocycles. The Morgan fingerprint density at radius 2 is 2.06 bits per heavy atom. The lowest BCUT2D eigenvalue weighted by molar-refractivity contribution is 0.768. The molecule has 90 valence electrons. The van der Waals surface area contributed by atoms with Crippen LogP contribution < -0.4 is 5.73 Å². The fourth-order valence-electron chi connectivity index (χ4n) is 2.04. The predicted octanol–water partition coefficient (Wildman–Crippen LogP) is 1.44. The lowest BCUT2D eigenvalue weighted by Gasteiger charge is -2.11. The van der Waals surface area contributed by atoms with Crippen LogP contribution in [-0.2, 0) is 0 Å². The van der Waals surface area contributed by atoms with Crippen LogP contribution in [-0.4, -0.2) is 26.5 Å². The molecule has 3 N–H and O–H groups in total. The smallest absolute Gasteiger partial charge is 0.180 e. The summed E-state index contributed by atoms with van der Waals surface area (Å²) in [5, 5.41) is 0. The van der Waals surface area contributed by atoms with Gasteiger partial charge in [-0.3, -0.25) is 0 Å². The fourth-order valence-corrected chi connectivity index (χ4v) is 2.04. The zero-order chi connectivity index (χ0) is 12.4. The van der Waals surface area contributed by atoms with E-state index in [-0.39, 0.29) is 5.92 Å². The van der Waals surface area contributed by atoms with E-state index in [0.29, 0.717) is 12.2 Å². The molecular weight excluding hydrogens is 226 g/mol. The summed E-state index contributed by atoms with van der Waals surface area (Å²) < 4.78 is 0. The second kappa shape index (κ2) is 4.54. The van der Waals surface area contributed by atoms with Gasteiger partial charge >= 0.3 is 0 Å². The number of aromatic nitrogens is 4. The van der Waals surface area contributed by atoms with Gasteiger partial charge in [0.2, 0.25) is 0 Å². The molecule has 3 aromatic rings. The fraction of sp³-hybridized carbons (Fsp3) is 0.154. The molecule has 5 heteroatoms. The molecule has 0 bridgehead atoms. The maximum Gasteiger partial charge on any atom is 0.180 e. The zero-order valence-electron chi connectivity index (χ0n) is 9.74. The van der Waals surface area contributed by atoms with Gasteiger partial charge in [0.05, 0.1) is 12.1 Å². The van der Waals surface area contributed by atoms with Gasteiger partial charge in [-0.25, -0.2) is 15.0 Å². The highest BCUT2D eigenvalue weighted by molar-refractivity contribution is 5.69. The molecule has 1 unspecified atom stereocenters. The highest BCUT2D eigenvalue weighted by atomic mass is 15.0. The number of imidazole rings is 1. The van der Waals surface area contributed by atoms with Crippen LogP contribution in [0.5, 0.6) is 0 Å². The van der Waals surface area contributed by atoms with Gasteiger partial charge in [-0.05, 0) is 5.56 Å². The number of H-pyrrole nitrogens is 1. The predicted molar refractivity (Wildman–Crippen MR) is 69.0 cm³/mol. The number of nitrogens with one attached hydrogen (secondary N) is 1. The minimum Gasteiger partial charge on any atom is -0.339 e. The monoisotopic (exact) mass is 239 g/mol. The van der Waals surface area contributed by atoms with Crippen molar-refractivity contribution in [3.8, 4) is 0 Å². The molecule has 0 spiro atoms. The SMILES string of the molecule is NCC(c1ccccc1)c1nc2ncncc2[nH]1. The summed E-state index contributed by atoms with van der Waals surface area (Å²) in [6, 6.07) is 10.1. The Kier molecular flexibility index (Phi) is 2.74. The maximum atomic E-state index is 5.86. The van der Waals surface area contributed by atoms with Gasteiger partial charge in [0, 0.05) is 6.54 Å². The number of rotatable bonds is 3. The van der Waals surface area contributed by atoms with Crippen LogP contribution in [0.25, 0.3) is 11.2 Å². The standard InChI is InChI=1S/C13H13N5/c14-6-10(9-4-2-1-3-5-9)12-17-11-7-15-8-16-13(11)18-12/h1-5,7-8,10H,6,14H2,(H,15,16,17,18). The number of fused-ring (bicyclic) bond motifs is 1. The van der Waals surface area contributed by atoms with E-state index in [9.17, 15) is 0 Å². The van der Waals surface area contributed by atoms with Crippen LogP contribution in [0.2, 0.25) is 0 Å². The van der Waals surface area contributed by atoms with Crippen molar-refractivity contribution < 1.29 is 0 Å². The molecule has 3 rings (SSSR count). The van der Waals surface area contributed by atoms with Gasteiger partial charge in [0.15, 0.2) is 5.65 Å². The van der Waals surface area contributed by atoms with Crippen molar-refractivity contribution in [1.82, 2.24) is 19.9 Å². The summed E-state index contributed by atoms with van der Waals surface area (Å²) in [6.07, 6.45) is 3.21. The summed E-state index contributed by atoms with van der Waals surface area (Å²) in [7, 11) is 0. The van der Waals surface area contributed by atoms with E-state index in [2.05, 4.69) is 32.1 Å². The topological polar surface area (TPSA) is 80.5 Å². The summed E-state index contributed by atoms with van der Waals surface area (Å²) >= 11 is 0. The summed E-state index contributed by atoms with van der Waals surface area (Å²) in [5.41, 5.74) is 8.52. The van der Waals surface area contributed by atoms with Crippen LogP contribution in [0, 0.1) is 0 Å². The average molecular weight is 239 g/mol. The van der Waals surface area contributed by atoms with E-state index in [0.717, 1.165) is 16.9 Å². The second-order valence-corrected chi connectivity index (χ2v) is 4.08. The van der Waals surface area contributed by atoms with E-state index in [1.165, 1.54) is 6.33 Å². The molecule has 0 saturated heterocycles. The van der Waals surface area contributed by atoms with Gasteiger partial charge in [-0.15, -0.1) is 0 Å². The van der Waals surface area contributed by atoms with Crippen molar-refractivity contribution in [2.24, 2.45) is 5.73 Å². The first-order valence-electron chi connectivity index (χ1n) is 5.79. The lowest BCUT2D eigenvalue weighted by atomic mass is 9.99. The number of nitrogens with zero attached hydrogens (tertiary/aromatic N) is 3. The third-order valence-electron chi connectivity index (χ3n) is 2.95. The molecule has 18 heavy (non-hydrogen) atoms. The Morgan fingerprint density at radius 3 is 2.78 bits per heavy atom. The summed E-state index contributed by atoms with van der Waals surface area (Å²) in [4.78, 5) is 15.8. The molecule has 0 radical (unpaired) electrons. The first kappa shape index (κ1) is 10.9. The molecule has 0 saturated carbocycles. The molecular formula is C13H13N5. The van der Waals surface area contributed by atoms with E-state index in [1.807, 2.05) is 18.2 Å². The number of aromatic amines is 1. The normalized spacial score (nSPS) is 12.7. The Bertz CT molecular complexity index is 614. The molecule has 1 atom stereocenters. The first-order valence-corrected chi connectivity index (χ1v) is 5.79. The van der Waals surface area contributed by atoms with Crippen LogP contribution >= 0.6 is 0 Å². The lowest BCUT2D eigenvalue weighted by Crippen LogP contribution is -2.15. The third kappa shape index (κ3) is 1.84. The van der Waals surface area contributed by atoms with Crippen molar-refractivity contribution >= 4 is 11.2 Å². The molecule has 1 aromatic carbocycles. The Hall–Kier alpha value is -2.27. The van der Waals surface area contributed by atoms with Gasteiger partial charge in [-0.2, -0.15) is 0 Å². The number of benzene rings is 1. The minimum atomic E-state index is 0.0559. The summed E-state index contributed by atoms with van der Waals surface area (Å²) in [5.74, 6) is 0.889. The van der Waals surface area contributed by atoms with Crippen LogP contribution in [0.4, 0.5) is 0 Å². The molecule has 2 aromatic heterocycles. The highest BCUT2D eigenvalue weighted by Gasteiger charge is 2.16. The number of hydrogen-bond acceptors (Lipinski definition) is 4. The zero-order valence-corrected chi connectivity index (χ0v) is 9.74. The highest BCUT2D eigenvalue weighted by Crippen LogP contribution is 2.22. The van der Waals surface area contributed by atoms with Gasteiger partial charge < -0.3 is 10.7 Å². The second-order valence-electron chi connectivity index (χ2n) is 4.08. The molecule has 0 aliphatic rings. The van der Waals surface area contributed by atoms with E-state index in [1.54, 1.807) is 6.20 Å². The Balaban J connectivity index is 2.06. The Labute approximate surface area is 104 Å². The number of nitrogens with two attached hydrogens (primary N) is 1. The van der Waals surface area contributed by atoms with Gasteiger partial charge in [-0.1, -0.05) is 30.3 Å². The van der Waals surface area contributed by atoms with Gasteiger partial charge in [0.1, 0.15) is 17.7 Å². The number of hydrogen-bond donors (Lipinski definition) is 2. The molecule has 0 aliphatic heterocycles. The van der Waals surface area contributed by atoms with Gasteiger partial charge in [0.25, 0.3) is 0 Å². The van der Waals surface area contributed by atoms with Crippen LogP contribution in [0.15, 0.2) is 42.9 Å². The van der Waals surface area contributed by atoms with E-state index >= 15 is 0 Å². The molecule has 0 fully saturated rings. The van der Waals surface area contributed by atoms with E-state index < -0.39 is 0 Å². The van der Waals surface area contributed by atoms with Crippen molar-refractivity contribution in [3.63, 3.8) is 0 Å². The minimum absolute atomic E-state index is 0.0559. The Morgan fingerprint density at radius 1 is 1.22 bits per heavy atom. The molecule has 0 amide bonds.